The molecule has 1 unspecified atom stereocenters. The highest BCUT2D eigenvalue weighted by Crippen LogP contribution is 2.25. The Labute approximate surface area is 189 Å². The predicted octanol–water partition coefficient (Wildman–Crippen LogP) is 3.74. The van der Waals surface area contributed by atoms with Crippen LogP contribution >= 0.6 is 35.3 Å². The molecule has 0 fully saturated rings. The van der Waals surface area contributed by atoms with Crippen LogP contribution in [0.2, 0.25) is 0 Å². The highest BCUT2D eigenvalue weighted by molar-refractivity contribution is 14.0. The smallest absolute Gasteiger partial charge is 0.191 e. The number of hydrogen-bond acceptors (Lipinski definition) is 5. The van der Waals surface area contributed by atoms with Crippen molar-refractivity contribution in [3.05, 3.63) is 46.2 Å². The van der Waals surface area contributed by atoms with Crippen molar-refractivity contribution in [3.8, 4) is 11.5 Å². The fourth-order valence-corrected chi connectivity index (χ4v) is 3.62. The van der Waals surface area contributed by atoms with E-state index in [9.17, 15) is 0 Å². The second-order valence-electron chi connectivity index (χ2n) is 6.25. The fraction of sp³-hybridized carbons (Fsp3) is 0.450. The molecule has 0 saturated heterocycles. The van der Waals surface area contributed by atoms with Crippen molar-refractivity contribution >= 4 is 41.3 Å². The van der Waals surface area contributed by atoms with Gasteiger partial charge in [0.15, 0.2) is 5.96 Å². The average molecular weight is 518 g/mol. The van der Waals surface area contributed by atoms with Crippen LogP contribution in [0.25, 0.3) is 0 Å². The van der Waals surface area contributed by atoms with Gasteiger partial charge in [-0.3, -0.25) is 0 Å². The summed E-state index contributed by atoms with van der Waals surface area (Å²) in [5.74, 6) is 2.34. The maximum Gasteiger partial charge on any atom is 0.191 e. The number of rotatable bonds is 9. The summed E-state index contributed by atoms with van der Waals surface area (Å²) in [4.78, 5) is 8.27. The maximum absolute atomic E-state index is 5.46. The first kappa shape index (κ1) is 24.5. The van der Waals surface area contributed by atoms with E-state index in [1.807, 2.05) is 18.2 Å². The molecule has 8 heteroatoms. The highest BCUT2D eigenvalue weighted by atomic mass is 127. The van der Waals surface area contributed by atoms with Gasteiger partial charge in [-0.1, -0.05) is 6.07 Å². The van der Waals surface area contributed by atoms with Gasteiger partial charge in [0.25, 0.3) is 0 Å². The van der Waals surface area contributed by atoms with Crippen molar-refractivity contribution in [3.63, 3.8) is 0 Å². The molecule has 2 rings (SSSR count). The average Bonchev–Trinajstić information content (AvgIpc) is 3.20. The van der Waals surface area contributed by atoms with E-state index >= 15 is 0 Å². The van der Waals surface area contributed by atoms with E-state index in [2.05, 4.69) is 54.1 Å². The molecule has 0 aliphatic heterocycles. The molecule has 0 aliphatic carbocycles. The summed E-state index contributed by atoms with van der Waals surface area (Å²) in [6.45, 7) is 4.16. The van der Waals surface area contributed by atoms with Gasteiger partial charge in [0.2, 0.25) is 0 Å². The number of halogens is 1. The minimum Gasteiger partial charge on any atom is -0.497 e. The zero-order valence-electron chi connectivity index (χ0n) is 17.2. The first-order valence-corrected chi connectivity index (χ1v) is 9.89. The number of likely N-dealkylation sites (N-methyl/N-ethyl adjacent to an activating group) is 1. The van der Waals surface area contributed by atoms with Gasteiger partial charge in [0, 0.05) is 29.6 Å². The van der Waals surface area contributed by atoms with Crippen LogP contribution in [0, 0.1) is 0 Å². The molecular weight excluding hydrogens is 487 g/mol. The number of thiophene rings is 1. The third kappa shape index (κ3) is 7.14. The van der Waals surface area contributed by atoms with E-state index in [0.717, 1.165) is 36.1 Å². The summed E-state index contributed by atoms with van der Waals surface area (Å²) in [7, 11) is 7.50. The third-order valence-electron chi connectivity index (χ3n) is 4.20. The van der Waals surface area contributed by atoms with Crippen LogP contribution in [0.5, 0.6) is 11.5 Å². The zero-order chi connectivity index (χ0) is 19.6. The summed E-state index contributed by atoms with van der Waals surface area (Å²) < 4.78 is 10.7. The molecular formula is C20H31IN4O2S. The maximum atomic E-state index is 5.46. The molecule has 0 amide bonds. The van der Waals surface area contributed by atoms with Crippen molar-refractivity contribution in [1.29, 1.82) is 0 Å². The summed E-state index contributed by atoms with van der Waals surface area (Å²) in [5.41, 5.74) is 1.01. The van der Waals surface area contributed by atoms with Crippen molar-refractivity contribution in [2.75, 3.05) is 41.4 Å². The summed E-state index contributed by atoms with van der Waals surface area (Å²) in [6, 6.07) is 10.3. The van der Waals surface area contributed by atoms with Crippen molar-refractivity contribution in [2.24, 2.45) is 4.99 Å². The molecule has 2 aromatic rings. The monoisotopic (exact) mass is 518 g/mol. The number of nitrogens with one attached hydrogen (secondary N) is 2. The minimum absolute atomic E-state index is 0. The van der Waals surface area contributed by atoms with Crippen LogP contribution in [0.1, 0.15) is 23.4 Å². The van der Waals surface area contributed by atoms with Gasteiger partial charge in [0.05, 0.1) is 26.8 Å². The Morgan fingerprint density at radius 3 is 2.54 bits per heavy atom. The van der Waals surface area contributed by atoms with Crippen LogP contribution in [0.4, 0.5) is 0 Å². The van der Waals surface area contributed by atoms with E-state index < -0.39 is 0 Å². The topological polar surface area (TPSA) is 58.1 Å². The summed E-state index contributed by atoms with van der Waals surface area (Å²) in [6.07, 6.45) is 0. The van der Waals surface area contributed by atoms with Gasteiger partial charge in [-0.2, -0.15) is 0 Å². The molecule has 0 spiro atoms. The molecule has 1 atom stereocenters. The quantitative estimate of drug-likeness (QED) is 0.301. The zero-order valence-corrected chi connectivity index (χ0v) is 20.3. The van der Waals surface area contributed by atoms with Gasteiger partial charge in [-0.25, -0.2) is 4.99 Å². The van der Waals surface area contributed by atoms with Gasteiger partial charge in [-0.05, 0) is 44.6 Å². The van der Waals surface area contributed by atoms with E-state index in [-0.39, 0.29) is 24.0 Å². The molecule has 0 radical (unpaired) electrons. The SMILES string of the molecule is CCNC(=NCc1ccc(OC)cc1OC)NCC(c1cccs1)N(C)C.I. The summed E-state index contributed by atoms with van der Waals surface area (Å²) >= 11 is 1.77. The van der Waals surface area contributed by atoms with E-state index in [1.165, 1.54) is 4.88 Å². The minimum atomic E-state index is 0. The highest BCUT2D eigenvalue weighted by Gasteiger charge is 2.15. The Morgan fingerprint density at radius 2 is 1.96 bits per heavy atom. The van der Waals surface area contributed by atoms with Gasteiger partial charge in [-0.15, -0.1) is 35.3 Å². The lowest BCUT2D eigenvalue weighted by Gasteiger charge is -2.24. The fourth-order valence-electron chi connectivity index (χ4n) is 2.70. The first-order valence-electron chi connectivity index (χ1n) is 9.02. The molecule has 0 bridgehead atoms. The van der Waals surface area contributed by atoms with Crippen LogP contribution in [0.3, 0.4) is 0 Å². The van der Waals surface area contributed by atoms with Crippen LogP contribution in [-0.2, 0) is 6.54 Å². The lowest BCUT2D eigenvalue weighted by Crippen LogP contribution is -2.41. The van der Waals surface area contributed by atoms with Gasteiger partial charge < -0.3 is 25.0 Å². The second kappa shape index (κ2) is 12.8. The Bertz CT molecular complexity index is 723. The van der Waals surface area contributed by atoms with E-state index in [0.29, 0.717) is 12.6 Å². The predicted molar refractivity (Wildman–Crippen MR) is 129 cm³/mol. The number of benzene rings is 1. The van der Waals surface area contributed by atoms with Crippen molar-refractivity contribution < 1.29 is 9.47 Å². The number of methoxy groups -OCH3 is 2. The lowest BCUT2D eigenvalue weighted by atomic mass is 10.2. The second-order valence-corrected chi connectivity index (χ2v) is 7.23. The number of hydrogen-bond donors (Lipinski definition) is 2. The molecule has 156 valence electrons. The largest absolute Gasteiger partial charge is 0.497 e. The Hall–Kier alpha value is -1.52. The van der Waals surface area contributed by atoms with Crippen molar-refractivity contribution in [2.45, 2.75) is 19.5 Å². The molecule has 0 saturated carbocycles. The first-order chi connectivity index (χ1) is 13.1. The number of guanidine groups is 1. The third-order valence-corrected chi connectivity index (χ3v) is 5.18. The molecule has 1 heterocycles. The van der Waals surface area contributed by atoms with Gasteiger partial charge in [0.1, 0.15) is 11.5 Å². The van der Waals surface area contributed by atoms with Gasteiger partial charge >= 0.3 is 0 Å². The Balaban J connectivity index is 0.00000392. The number of ether oxygens (including phenoxy) is 2. The standard InChI is InChI=1S/C20H30N4O2S.HI/c1-6-21-20(23-14-17(24(2)3)19-8-7-11-27-19)22-13-15-9-10-16(25-4)12-18(15)26-5;/h7-12,17H,6,13-14H2,1-5H3,(H2,21,22,23);1H. The molecule has 28 heavy (non-hydrogen) atoms. The van der Waals surface area contributed by atoms with E-state index in [4.69, 9.17) is 14.5 Å². The molecule has 0 aliphatic rings. The Morgan fingerprint density at radius 1 is 1.18 bits per heavy atom. The molecule has 1 aromatic carbocycles. The van der Waals surface area contributed by atoms with Crippen LogP contribution < -0.4 is 20.1 Å². The van der Waals surface area contributed by atoms with Crippen molar-refractivity contribution in [1.82, 2.24) is 15.5 Å². The Kier molecular flexibility index (Phi) is 11.2. The lowest BCUT2D eigenvalue weighted by molar-refractivity contribution is 0.302. The number of nitrogens with zero attached hydrogens (tertiary/aromatic N) is 2. The van der Waals surface area contributed by atoms with Crippen LogP contribution in [0.15, 0.2) is 40.7 Å². The summed E-state index contributed by atoms with van der Waals surface area (Å²) in [5, 5.41) is 8.88. The van der Waals surface area contributed by atoms with E-state index in [1.54, 1.807) is 25.6 Å². The molecule has 6 nitrogen and oxygen atoms in total. The molecule has 1 aromatic heterocycles. The van der Waals surface area contributed by atoms with Crippen LogP contribution in [-0.4, -0.2) is 52.3 Å². The number of aliphatic imine (C=N–C) groups is 1. The normalized spacial score (nSPS) is 12.3. The molecule has 2 N–H and O–H groups in total.